The maximum absolute atomic E-state index is 2.46. The summed E-state index contributed by atoms with van der Waals surface area (Å²) >= 11 is -0.191. The van der Waals surface area contributed by atoms with Crippen molar-refractivity contribution in [3.63, 3.8) is 0 Å². The molecule has 0 nitrogen and oxygen atoms in total. The van der Waals surface area contributed by atoms with E-state index in [1.807, 2.05) is 0 Å². The quantitative estimate of drug-likeness (QED) is 0.512. The Bertz CT molecular complexity index is 104. The van der Waals surface area contributed by atoms with E-state index in [0.29, 0.717) is 0 Å². The van der Waals surface area contributed by atoms with Gasteiger partial charge in [-0.15, -0.1) is 0 Å². The van der Waals surface area contributed by atoms with Crippen LogP contribution in [0.4, 0.5) is 0 Å². The molecule has 0 amide bonds. The zero-order valence-corrected chi connectivity index (χ0v) is 8.23. The van der Waals surface area contributed by atoms with Crippen molar-refractivity contribution in [1.82, 2.24) is 0 Å². The number of alkyl halides is 3. The summed E-state index contributed by atoms with van der Waals surface area (Å²) in [6, 6.07) is 0. The molecule has 0 aromatic rings. The van der Waals surface area contributed by atoms with Gasteiger partial charge in [-0.1, -0.05) is 0 Å². The van der Waals surface area contributed by atoms with Crippen LogP contribution >= 0.6 is 19.8 Å². The first-order valence-corrected chi connectivity index (χ1v) is 8.26. The molecule has 1 unspecified atom stereocenters. The number of hydrogen-bond donors (Lipinski definition) is 0. The Kier molecular flexibility index (Phi) is 1.72. The van der Waals surface area contributed by atoms with Crippen molar-refractivity contribution in [2.75, 3.05) is 8.86 Å². The number of halogens is 1. The van der Waals surface area contributed by atoms with Gasteiger partial charge in [0.2, 0.25) is 0 Å². The predicted molar refractivity (Wildman–Crippen MR) is 50.6 cm³/mol. The molecule has 2 fully saturated rings. The van der Waals surface area contributed by atoms with Crippen LogP contribution in [0, 0.1) is 5.92 Å². The van der Waals surface area contributed by atoms with Crippen molar-refractivity contribution in [1.29, 1.82) is 0 Å². The Morgan fingerprint density at radius 2 is 2.11 bits per heavy atom. The van der Waals surface area contributed by atoms with Crippen LogP contribution in [0.3, 0.4) is 0 Å². The zero-order valence-electron chi connectivity index (χ0n) is 6.07. The first-order valence-electron chi connectivity index (χ1n) is 3.96. The molecule has 0 N–H and O–H groups in total. The van der Waals surface area contributed by atoms with Gasteiger partial charge in [-0.05, 0) is 0 Å². The third kappa shape index (κ3) is 1.41. The fourth-order valence-corrected chi connectivity index (χ4v) is 8.04. The molecule has 1 saturated heterocycles. The molecular weight excluding hydrogens is 223 g/mol. The van der Waals surface area contributed by atoms with Gasteiger partial charge >= 0.3 is 64.7 Å². The fourth-order valence-electron chi connectivity index (χ4n) is 1.38. The van der Waals surface area contributed by atoms with Gasteiger partial charge in [0.15, 0.2) is 0 Å². The summed E-state index contributed by atoms with van der Waals surface area (Å²) in [6.45, 7) is 2.46. The van der Waals surface area contributed by atoms with E-state index in [0.717, 1.165) is 0 Å². The molecule has 0 aromatic carbocycles. The van der Waals surface area contributed by atoms with Gasteiger partial charge in [0.05, 0.1) is 0 Å². The van der Waals surface area contributed by atoms with E-state index in [4.69, 9.17) is 0 Å². The predicted octanol–water partition coefficient (Wildman–Crippen LogP) is 2.70. The van der Waals surface area contributed by atoms with Crippen molar-refractivity contribution in [2.24, 2.45) is 5.92 Å². The molecule has 2 rings (SSSR count). The van der Waals surface area contributed by atoms with Crippen LogP contribution in [0.1, 0.15) is 26.2 Å². The molecule has 1 saturated carbocycles. The van der Waals surface area contributed by atoms with Gasteiger partial charge in [-0.25, -0.2) is 0 Å². The standard InChI is InChI=1S/C8H15I/c1-7-5-9(7)6-8-3-2-4-8/h7-8H,2-6H2,1H3. The topological polar surface area (TPSA) is 0 Å². The Morgan fingerprint density at radius 3 is 2.44 bits per heavy atom. The first-order chi connectivity index (χ1) is 4.36. The maximum atomic E-state index is 2.46. The van der Waals surface area contributed by atoms with E-state index in [2.05, 4.69) is 6.92 Å². The van der Waals surface area contributed by atoms with E-state index in [1.165, 1.54) is 9.84 Å². The molecule has 2 aliphatic rings. The van der Waals surface area contributed by atoms with Crippen LogP contribution in [-0.4, -0.2) is 12.8 Å². The molecule has 0 bridgehead atoms. The minimum absolute atomic E-state index is 0.191. The fraction of sp³-hybridized carbons (Fsp3) is 1.00. The monoisotopic (exact) mass is 238 g/mol. The van der Waals surface area contributed by atoms with Crippen molar-refractivity contribution < 1.29 is 0 Å². The third-order valence-electron chi connectivity index (χ3n) is 2.48. The van der Waals surface area contributed by atoms with Gasteiger partial charge < -0.3 is 0 Å². The molecule has 1 heterocycles. The molecule has 0 aromatic heterocycles. The van der Waals surface area contributed by atoms with E-state index in [9.17, 15) is 0 Å². The third-order valence-corrected chi connectivity index (χ3v) is 9.62. The van der Waals surface area contributed by atoms with Crippen molar-refractivity contribution in [3.05, 3.63) is 0 Å². The second kappa shape index (κ2) is 2.40. The Morgan fingerprint density at radius 1 is 1.44 bits per heavy atom. The first kappa shape index (κ1) is 6.44. The Balaban J connectivity index is 1.66. The average Bonchev–Trinajstić information content (AvgIpc) is 2.36. The van der Waals surface area contributed by atoms with Crippen LogP contribution in [0.25, 0.3) is 0 Å². The molecule has 1 atom stereocenters. The molecular formula is C8H15I. The summed E-state index contributed by atoms with van der Waals surface area (Å²) in [5.74, 6) is 1.22. The van der Waals surface area contributed by atoms with Crippen molar-refractivity contribution >= 4 is 19.8 Å². The molecule has 0 radical (unpaired) electrons. The second-order valence-electron chi connectivity index (χ2n) is 3.38. The molecule has 0 spiro atoms. The molecule has 54 valence electrons. The molecule has 1 heteroatoms. The summed E-state index contributed by atoms with van der Waals surface area (Å²) in [5.41, 5.74) is 0. The van der Waals surface area contributed by atoms with E-state index in [1.54, 1.807) is 28.1 Å². The van der Waals surface area contributed by atoms with Crippen LogP contribution < -0.4 is 0 Å². The number of hydrogen-bond acceptors (Lipinski definition) is 0. The van der Waals surface area contributed by atoms with E-state index < -0.39 is 0 Å². The minimum atomic E-state index is -0.191. The van der Waals surface area contributed by atoms with Gasteiger partial charge in [-0.3, -0.25) is 0 Å². The summed E-state index contributed by atoms with van der Waals surface area (Å²) in [4.78, 5) is 0. The van der Waals surface area contributed by atoms with Crippen LogP contribution in [0.5, 0.6) is 0 Å². The second-order valence-corrected chi connectivity index (χ2v) is 10.1. The van der Waals surface area contributed by atoms with Gasteiger partial charge in [0.1, 0.15) is 0 Å². The summed E-state index contributed by atoms with van der Waals surface area (Å²) in [6.07, 6.45) is 4.71. The summed E-state index contributed by atoms with van der Waals surface area (Å²) in [7, 11) is 0. The normalized spacial score (nSPS) is 38.3. The van der Waals surface area contributed by atoms with Crippen molar-refractivity contribution in [3.8, 4) is 0 Å². The Labute approximate surface area is 64.8 Å². The number of rotatable bonds is 2. The van der Waals surface area contributed by atoms with Gasteiger partial charge in [0.25, 0.3) is 0 Å². The van der Waals surface area contributed by atoms with E-state index in [-0.39, 0.29) is 19.8 Å². The summed E-state index contributed by atoms with van der Waals surface area (Å²) in [5, 5.41) is 0. The molecule has 1 aliphatic heterocycles. The summed E-state index contributed by atoms with van der Waals surface area (Å²) < 4.78 is 4.67. The van der Waals surface area contributed by atoms with Crippen molar-refractivity contribution in [2.45, 2.75) is 30.1 Å². The molecule has 1 aliphatic carbocycles. The van der Waals surface area contributed by atoms with Crippen LogP contribution in [-0.2, 0) is 0 Å². The van der Waals surface area contributed by atoms with E-state index >= 15 is 0 Å². The SMILES string of the molecule is CC1CI1CC1CCC1. The van der Waals surface area contributed by atoms with Gasteiger partial charge in [0, 0.05) is 0 Å². The average molecular weight is 238 g/mol. The molecule has 9 heavy (non-hydrogen) atoms. The van der Waals surface area contributed by atoms with Crippen LogP contribution in [0.15, 0.2) is 0 Å². The van der Waals surface area contributed by atoms with Gasteiger partial charge in [-0.2, -0.15) is 0 Å². The Hall–Kier alpha value is 0.730. The van der Waals surface area contributed by atoms with Crippen LogP contribution in [0.2, 0.25) is 0 Å². The zero-order chi connectivity index (χ0) is 6.27.